The summed E-state index contributed by atoms with van der Waals surface area (Å²) in [6.07, 6.45) is 2.39. The normalized spacial score (nSPS) is 19.5. The van der Waals surface area contributed by atoms with Gasteiger partial charge >= 0.3 is 0 Å². The van der Waals surface area contributed by atoms with Crippen molar-refractivity contribution in [2.75, 3.05) is 18.8 Å². The molecule has 0 aliphatic carbocycles. The molecular weight excluding hydrogens is 278 g/mol. The summed E-state index contributed by atoms with van der Waals surface area (Å²) in [6.45, 7) is 4.08. The van der Waals surface area contributed by atoms with Crippen LogP contribution in [0.25, 0.3) is 0 Å². The van der Waals surface area contributed by atoms with Crippen molar-refractivity contribution < 1.29 is 4.79 Å². The fourth-order valence-corrected chi connectivity index (χ4v) is 3.48. The van der Waals surface area contributed by atoms with Crippen LogP contribution in [-0.2, 0) is 10.5 Å². The Kier molecular flexibility index (Phi) is 5.59. The predicted molar refractivity (Wildman–Crippen MR) is 82.6 cm³/mol. The number of carbonyl (C=O) groups is 1. The third-order valence-electron chi connectivity index (χ3n) is 3.39. The molecule has 0 spiro atoms. The van der Waals surface area contributed by atoms with Crippen molar-refractivity contribution in [3.63, 3.8) is 0 Å². The molecular formula is C15H20ClNOS. The first kappa shape index (κ1) is 14.7. The summed E-state index contributed by atoms with van der Waals surface area (Å²) in [5.74, 6) is 2.34. The predicted octanol–water partition coefficient (Wildman–Crippen LogP) is 3.83. The Balaban J connectivity index is 1.74. The first-order chi connectivity index (χ1) is 9.15. The average Bonchev–Trinajstić information content (AvgIpc) is 2.38. The highest BCUT2D eigenvalue weighted by Crippen LogP contribution is 2.19. The minimum atomic E-state index is 0.276. The van der Waals surface area contributed by atoms with E-state index in [2.05, 4.69) is 6.92 Å². The minimum Gasteiger partial charge on any atom is -0.342 e. The highest BCUT2D eigenvalue weighted by atomic mass is 35.5. The van der Waals surface area contributed by atoms with E-state index in [0.29, 0.717) is 11.7 Å². The van der Waals surface area contributed by atoms with Gasteiger partial charge in [0.05, 0.1) is 5.75 Å². The molecule has 0 radical (unpaired) electrons. The number of halogens is 1. The summed E-state index contributed by atoms with van der Waals surface area (Å²) >= 11 is 7.61. The molecule has 0 N–H and O–H groups in total. The Morgan fingerprint density at radius 2 is 2.37 bits per heavy atom. The topological polar surface area (TPSA) is 20.3 Å². The van der Waals surface area contributed by atoms with Crippen LogP contribution in [0.3, 0.4) is 0 Å². The average molecular weight is 298 g/mol. The standard InChI is InChI=1S/C15H20ClNOS/c1-12-4-3-7-17(9-12)15(18)11-19-10-13-5-2-6-14(16)8-13/h2,5-6,8,12H,3-4,7,9-11H2,1H3. The molecule has 0 aromatic heterocycles. The summed E-state index contributed by atoms with van der Waals surface area (Å²) < 4.78 is 0. The van der Waals surface area contributed by atoms with Crippen molar-refractivity contribution in [3.05, 3.63) is 34.9 Å². The number of piperidine rings is 1. The largest absolute Gasteiger partial charge is 0.342 e. The number of rotatable bonds is 4. The Morgan fingerprint density at radius 1 is 1.53 bits per heavy atom. The van der Waals surface area contributed by atoms with Gasteiger partial charge in [0.25, 0.3) is 0 Å². The van der Waals surface area contributed by atoms with Crippen molar-refractivity contribution in [2.45, 2.75) is 25.5 Å². The second-order valence-electron chi connectivity index (χ2n) is 5.21. The van der Waals surface area contributed by atoms with Crippen molar-refractivity contribution in [3.8, 4) is 0 Å². The summed E-state index contributed by atoms with van der Waals surface area (Å²) in [5, 5.41) is 0.759. The van der Waals surface area contributed by atoms with Crippen LogP contribution in [0.5, 0.6) is 0 Å². The molecule has 2 nitrogen and oxygen atoms in total. The van der Waals surface area contributed by atoms with Crippen LogP contribution in [0.1, 0.15) is 25.3 Å². The number of hydrogen-bond donors (Lipinski definition) is 0. The fourth-order valence-electron chi connectivity index (χ4n) is 2.39. The quantitative estimate of drug-likeness (QED) is 0.842. The molecule has 1 heterocycles. The third-order valence-corrected chi connectivity index (χ3v) is 4.62. The number of carbonyl (C=O) groups excluding carboxylic acids is 1. The second-order valence-corrected chi connectivity index (χ2v) is 6.63. The van der Waals surface area contributed by atoms with Gasteiger partial charge in [-0.3, -0.25) is 4.79 Å². The number of hydrogen-bond acceptors (Lipinski definition) is 2. The van der Waals surface area contributed by atoms with Gasteiger partial charge in [0.2, 0.25) is 5.91 Å². The summed E-state index contributed by atoms with van der Waals surface area (Å²) in [4.78, 5) is 14.1. The molecule has 1 fully saturated rings. The van der Waals surface area contributed by atoms with Crippen LogP contribution in [0.4, 0.5) is 0 Å². The minimum absolute atomic E-state index is 0.276. The highest BCUT2D eigenvalue weighted by Gasteiger charge is 2.20. The summed E-state index contributed by atoms with van der Waals surface area (Å²) in [5.41, 5.74) is 1.18. The van der Waals surface area contributed by atoms with E-state index < -0.39 is 0 Å². The van der Waals surface area contributed by atoms with E-state index in [-0.39, 0.29) is 5.91 Å². The van der Waals surface area contributed by atoms with E-state index in [4.69, 9.17) is 11.6 Å². The van der Waals surface area contributed by atoms with Crippen LogP contribution in [0.15, 0.2) is 24.3 Å². The molecule has 4 heteroatoms. The molecule has 1 aliphatic rings. The molecule has 0 bridgehead atoms. The molecule has 1 unspecified atom stereocenters. The maximum absolute atomic E-state index is 12.1. The van der Waals surface area contributed by atoms with Crippen molar-refractivity contribution >= 4 is 29.3 Å². The first-order valence-electron chi connectivity index (χ1n) is 6.75. The SMILES string of the molecule is CC1CCCN(C(=O)CSCc2cccc(Cl)c2)C1. The Morgan fingerprint density at radius 3 is 3.11 bits per heavy atom. The number of nitrogens with zero attached hydrogens (tertiary/aromatic N) is 1. The molecule has 1 amide bonds. The maximum Gasteiger partial charge on any atom is 0.232 e. The Hall–Kier alpha value is -0.670. The van der Waals surface area contributed by atoms with Crippen molar-refractivity contribution in [1.29, 1.82) is 0 Å². The number of likely N-dealkylation sites (tertiary alicyclic amines) is 1. The Bertz CT molecular complexity index is 438. The van der Waals surface area contributed by atoms with Gasteiger partial charge in [0.15, 0.2) is 0 Å². The van der Waals surface area contributed by atoms with Gasteiger partial charge in [-0.2, -0.15) is 0 Å². The first-order valence-corrected chi connectivity index (χ1v) is 8.28. The number of amides is 1. The van der Waals surface area contributed by atoms with E-state index in [9.17, 15) is 4.79 Å². The van der Waals surface area contributed by atoms with E-state index in [1.165, 1.54) is 12.0 Å². The van der Waals surface area contributed by atoms with Gasteiger partial charge in [-0.25, -0.2) is 0 Å². The van der Waals surface area contributed by atoms with Crippen LogP contribution < -0.4 is 0 Å². The molecule has 0 saturated carbocycles. The van der Waals surface area contributed by atoms with Crippen LogP contribution >= 0.6 is 23.4 Å². The molecule has 1 aromatic rings. The van der Waals surface area contributed by atoms with Gasteiger partial charge in [0, 0.05) is 23.9 Å². The molecule has 1 atom stereocenters. The Labute approximate surface area is 124 Å². The smallest absolute Gasteiger partial charge is 0.232 e. The summed E-state index contributed by atoms with van der Waals surface area (Å²) in [7, 11) is 0. The van der Waals surface area contributed by atoms with E-state index in [1.807, 2.05) is 29.2 Å². The number of thioether (sulfide) groups is 1. The van der Waals surface area contributed by atoms with E-state index >= 15 is 0 Å². The van der Waals surface area contributed by atoms with Gasteiger partial charge in [-0.1, -0.05) is 30.7 Å². The maximum atomic E-state index is 12.1. The monoisotopic (exact) mass is 297 g/mol. The van der Waals surface area contributed by atoms with Gasteiger partial charge in [0.1, 0.15) is 0 Å². The summed E-state index contributed by atoms with van der Waals surface area (Å²) in [6, 6.07) is 7.83. The lowest BCUT2D eigenvalue weighted by atomic mass is 10.0. The zero-order valence-electron chi connectivity index (χ0n) is 11.3. The van der Waals surface area contributed by atoms with Gasteiger partial charge in [-0.05, 0) is 36.5 Å². The van der Waals surface area contributed by atoms with Crippen molar-refractivity contribution in [2.24, 2.45) is 5.92 Å². The fraction of sp³-hybridized carbons (Fsp3) is 0.533. The molecule has 2 rings (SSSR count). The lowest BCUT2D eigenvalue weighted by Gasteiger charge is -2.30. The van der Waals surface area contributed by atoms with Crippen LogP contribution in [-0.4, -0.2) is 29.6 Å². The van der Waals surface area contributed by atoms with Gasteiger partial charge in [-0.15, -0.1) is 11.8 Å². The number of benzene rings is 1. The molecule has 19 heavy (non-hydrogen) atoms. The highest BCUT2D eigenvalue weighted by molar-refractivity contribution is 7.99. The second kappa shape index (κ2) is 7.20. The molecule has 1 aromatic carbocycles. The van der Waals surface area contributed by atoms with Gasteiger partial charge < -0.3 is 4.90 Å². The molecule has 104 valence electrons. The third kappa shape index (κ3) is 4.73. The lowest BCUT2D eigenvalue weighted by Crippen LogP contribution is -2.40. The van der Waals surface area contributed by atoms with E-state index in [0.717, 1.165) is 30.3 Å². The lowest BCUT2D eigenvalue weighted by molar-refractivity contribution is -0.130. The molecule has 1 aliphatic heterocycles. The molecule has 1 saturated heterocycles. The zero-order valence-corrected chi connectivity index (χ0v) is 12.8. The van der Waals surface area contributed by atoms with E-state index in [1.54, 1.807) is 11.8 Å². The zero-order chi connectivity index (χ0) is 13.7. The van der Waals surface area contributed by atoms with Crippen LogP contribution in [0, 0.1) is 5.92 Å². The van der Waals surface area contributed by atoms with Crippen molar-refractivity contribution in [1.82, 2.24) is 4.90 Å². The van der Waals surface area contributed by atoms with Crippen LogP contribution in [0.2, 0.25) is 5.02 Å².